The second kappa shape index (κ2) is 10.2. The number of amides is 2. The van der Waals surface area contributed by atoms with Crippen LogP contribution in [0.2, 0.25) is 0 Å². The lowest BCUT2D eigenvalue weighted by Crippen LogP contribution is -2.36. The third-order valence-electron chi connectivity index (χ3n) is 5.79. The van der Waals surface area contributed by atoms with E-state index < -0.39 is 24.0 Å². The summed E-state index contributed by atoms with van der Waals surface area (Å²) in [4.78, 5) is 35.4. The topological polar surface area (TPSA) is 131 Å². The molecular formula is C25H25N3O6. The molecule has 9 heteroatoms. The molecule has 4 rings (SSSR count). The quantitative estimate of drug-likeness (QED) is 0.441. The number of rotatable bonds is 9. The van der Waals surface area contributed by atoms with Gasteiger partial charge in [0.05, 0.1) is 13.0 Å². The first kappa shape index (κ1) is 23.0. The molecule has 1 aromatic heterocycles. The van der Waals surface area contributed by atoms with Crippen LogP contribution >= 0.6 is 0 Å². The van der Waals surface area contributed by atoms with Crippen LogP contribution in [0, 0.1) is 0 Å². The molecule has 176 valence electrons. The number of nitrogens with zero attached hydrogens (tertiary/aromatic N) is 1. The maximum atomic E-state index is 12.3. The lowest BCUT2D eigenvalue weighted by atomic mass is 9.98. The number of carboxylic acids is 1. The minimum Gasteiger partial charge on any atom is -0.481 e. The van der Waals surface area contributed by atoms with Gasteiger partial charge in [-0.15, -0.1) is 0 Å². The van der Waals surface area contributed by atoms with Gasteiger partial charge in [-0.2, -0.15) is 0 Å². The molecule has 0 radical (unpaired) electrons. The van der Waals surface area contributed by atoms with Crippen molar-refractivity contribution in [3.05, 3.63) is 77.2 Å². The van der Waals surface area contributed by atoms with Crippen LogP contribution in [0.1, 0.15) is 53.1 Å². The van der Waals surface area contributed by atoms with E-state index in [1.54, 1.807) is 6.92 Å². The molecule has 1 aliphatic carbocycles. The molecule has 9 nitrogen and oxygen atoms in total. The van der Waals surface area contributed by atoms with Gasteiger partial charge in [-0.1, -0.05) is 60.6 Å². The van der Waals surface area contributed by atoms with Crippen LogP contribution in [0.15, 0.2) is 59.1 Å². The highest BCUT2D eigenvalue weighted by atomic mass is 16.5. The van der Waals surface area contributed by atoms with Crippen LogP contribution in [0.3, 0.4) is 0 Å². The molecule has 1 atom stereocenters. The van der Waals surface area contributed by atoms with Gasteiger partial charge in [0.2, 0.25) is 0 Å². The highest BCUT2D eigenvalue weighted by Gasteiger charge is 2.29. The van der Waals surface area contributed by atoms with Crippen LogP contribution in [-0.2, 0) is 16.1 Å². The molecule has 0 aliphatic heterocycles. The fraction of sp³-hybridized carbons (Fsp3) is 0.280. The summed E-state index contributed by atoms with van der Waals surface area (Å²) in [6.07, 6.45) is -0.334. The number of benzene rings is 2. The molecule has 0 fully saturated rings. The summed E-state index contributed by atoms with van der Waals surface area (Å²) in [7, 11) is 0. The first-order valence-electron chi connectivity index (χ1n) is 11.0. The van der Waals surface area contributed by atoms with Crippen LogP contribution < -0.4 is 10.6 Å². The molecule has 3 N–H and O–H groups in total. The number of aliphatic carboxylic acids is 1. The van der Waals surface area contributed by atoms with Crippen molar-refractivity contribution in [3.8, 4) is 11.1 Å². The molecule has 0 spiro atoms. The molecule has 1 heterocycles. The van der Waals surface area contributed by atoms with Gasteiger partial charge >= 0.3 is 12.1 Å². The van der Waals surface area contributed by atoms with E-state index in [9.17, 15) is 14.4 Å². The third kappa shape index (κ3) is 5.09. The standard InChI is InChI=1S/C25H25N3O6/c1-2-15(11-23(29)30)27-24(31)22-12-16(34-28-22)13-26-25(32)33-14-21-19-9-5-3-7-17(19)18-8-4-6-10-20(18)21/h3-10,12,15,21H,2,11,13-14H2,1H3,(H,26,32)(H,27,31)(H,29,30)/t15-/m1/s1. The molecule has 0 saturated carbocycles. The molecular weight excluding hydrogens is 438 g/mol. The molecule has 0 unspecified atom stereocenters. The first-order chi connectivity index (χ1) is 16.5. The lowest BCUT2D eigenvalue weighted by molar-refractivity contribution is -0.137. The van der Waals surface area contributed by atoms with Crippen molar-refractivity contribution in [2.24, 2.45) is 0 Å². The second-order valence-electron chi connectivity index (χ2n) is 8.03. The van der Waals surface area contributed by atoms with Gasteiger partial charge in [-0.3, -0.25) is 9.59 Å². The predicted molar refractivity (Wildman–Crippen MR) is 122 cm³/mol. The van der Waals surface area contributed by atoms with E-state index in [4.69, 9.17) is 14.4 Å². The van der Waals surface area contributed by atoms with Gasteiger partial charge in [0.15, 0.2) is 11.5 Å². The van der Waals surface area contributed by atoms with Crippen LogP contribution in [0.5, 0.6) is 0 Å². The van der Waals surface area contributed by atoms with Crippen molar-refractivity contribution >= 4 is 18.0 Å². The molecule has 0 saturated heterocycles. The lowest BCUT2D eigenvalue weighted by Gasteiger charge is -2.14. The largest absolute Gasteiger partial charge is 0.481 e. The van der Waals surface area contributed by atoms with Gasteiger partial charge in [0.1, 0.15) is 6.61 Å². The van der Waals surface area contributed by atoms with Crippen molar-refractivity contribution in [2.45, 2.75) is 38.3 Å². The van der Waals surface area contributed by atoms with E-state index in [-0.39, 0.29) is 36.9 Å². The number of carboxylic acid groups (broad SMARTS) is 1. The molecule has 0 bridgehead atoms. The fourth-order valence-electron chi connectivity index (χ4n) is 4.08. The van der Waals surface area contributed by atoms with Crippen molar-refractivity contribution in [1.82, 2.24) is 15.8 Å². The Morgan fingerprint density at radius 2 is 1.74 bits per heavy atom. The van der Waals surface area contributed by atoms with Gasteiger partial charge in [-0.25, -0.2) is 4.79 Å². The zero-order valence-corrected chi connectivity index (χ0v) is 18.6. The SMILES string of the molecule is CC[C@H](CC(=O)O)NC(=O)c1cc(CNC(=O)OCC2c3ccccc3-c3ccccc32)on1. The first-order valence-corrected chi connectivity index (χ1v) is 11.0. The minimum atomic E-state index is -1.000. The van der Waals surface area contributed by atoms with Crippen molar-refractivity contribution in [2.75, 3.05) is 6.61 Å². The second-order valence-corrected chi connectivity index (χ2v) is 8.03. The van der Waals surface area contributed by atoms with E-state index in [1.165, 1.54) is 6.07 Å². The van der Waals surface area contributed by atoms with E-state index in [0.717, 1.165) is 22.3 Å². The molecule has 2 amide bonds. The molecule has 1 aliphatic rings. The number of alkyl carbamates (subject to hydrolysis) is 1. The van der Waals surface area contributed by atoms with Gasteiger partial charge < -0.3 is 25.0 Å². The summed E-state index contributed by atoms with van der Waals surface area (Å²) in [6.45, 7) is 1.95. The fourth-order valence-corrected chi connectivity index (χ4v) is 4.08. The minimum absolute atomic E-state index is 0.00757. The van der Waals surface area contributed by atoms with E-state index >= 15 is 0 Å². The van der Waals surface area contributed by atoms with E-state index in [0.29, 0.717) is 6.42 Å². The van der Waals surface area contributed by atoms with Crippen LogP contribution in [0.4, 0.5) is 4.79 Å². The summed E-state index contributed by atoms with van der Waals surface area (Å²) in [5.41, 5.74) is 4.54. The number of nitrogens with one attached hydrogen (secondary N) is 2. The summed E-state index contributed by atoms with van der Waals surface area (Å²) in [6, 6.07) is 17.0. The summed E-state index contributed by atoms with van der Waals surface area (Å²) in [5, 5.41) is 17.8. The predicted octanol–water partition coefficient (Wildman–Crippen LogP) is 3.70. The van der Waals surface area contributed by atoms with Crippen LogP contribution in [0.25, 0.3) is 11.1 Å². The zero-order valence-electron chi connectivity index (χ0n) is 18.6. The normalized spacial score (nSPS) is 13.0. The Balaban J connectivity index is 1.30. The number of ether oxygens (including phenoxy) is 1. The maximum absolute atomic E-state index is 12.3. The van der Waals surface area contributed by atoms with E-state index in [2.05, 4.69) is 27.9 Å². The average Bonchev–Trinajstić information content (AvgIpc) is 3.44. The van der Waals surface area contributed by atoms with E-state index in [1.807, 2.05) is 36.4 Å². The number of carbonyl (C=O) groups is 3. The van der Waals surface area contributed by atoms with Crippen molar-refractivity contribution < 1.29 is 28.8 Å². The monoisotopic (exact) mass is 463 g/mol. The van der Waals surface area contributed by atoms with Crippen molar-refractivity contribution in [3.63, 3.8) is 0 Å². The zero-order chi connectivity index (χ0) is 24.1. The smallest absolute Gasteiger partial charge is 0.407 e. The Hall–Kier alpha value is -4.14. The number of hydrogen-bond donors (Lipinski definition) is 3. The summed E-state index contributed by atoms with van der Waals surface area (Å²) < 4.78 is 10.6. The number of hydrogen-bond acceptors (Lipinski definition) is 6. The third-order valence-corrected chi connectivity index (χ3v) is 5.79. The molecule has 2 aromatic carbocycles. The average molecular weight is 463 g/mol. The maximum Gasteiger partial charge on any atom is 0.407 e. The van der Waals surface area contributed by atoms with Gasteiger partial charge in [0, 0.05) is 18.0 Å². The van der Waals surface area contributed by atoms with Crippen LogP contribution in [-0.4, -0.2) is 40.9 Å². The highest BCUT2D eigenvalue weighted by Crippen LogP contribution is 2.44. The molecule has 3 aromatic rings. The Bertz CT molecular complexity index is 1160. The van der Waals surface area contributed by atoms with Crippen molar-refractivity contribution in [1.29, 1.82) is 0 Å². The molecule has 34 heavy (non-hydrogen) atoms. The Labute approximate surface area is 196 Å². The number of aromatic nitrogens is 1. The number of carbonyl (C=O) groups excluding carboxylic acids is 2. The number of fused-ring (bicyclic) bond motifs is 3. The highest BCUT2D eigenvalue weighted by molar-refractivity contribution is 5.92. The Morgan fingerprint density at radius 1 is 1.09 bits per heavy atom. The summed E-state index contributed by atoms with van der Waals surface area (Å²) >= 11 is 0. The Kier molecular flexibility index (Phi) is 6.91. The van der Waals surface area contributed by atoms with Gasteiger partial charge in [-0.05, 0) is 28.7 Å². The Morgan fingerprint density at radius 3 is 2.35 bits per heavy atom. The van der Waals surface area contributed by atoms with Gasteiger partial charge in [0.25, 0.3) is 5.91 Å². The summed E-state index contributed by atoms with van der Waals surface area (Å²) in [5.74, 6) is -1.31.